The van der Waals surface area contributed by atoms with Gasteiger partial charge in [0.25, 0.3) is 5.56 Å². The molecule has 1 unspecified atom stereocenters. The van der Waals surface area contributed by atoms with Crippen LogP contribution in [0.5, 0.6) is 5.75 Å². The maximum Gasteiger partial charge on any atom is 0.266 e. The number of aromatic amines is 1. The maximum atomic E-state index is 12.2. The molecule has 2 aromatic heterocycles. The number of H-pyrrole nitrogens is 1. The van der Waals surface area contributed by atoms with Gasteiger partial charge in [0, 0.05) is 34.4 Å². The second-order valence-corrected chi connectivity index (χ2v) is 8.33. The van der Waals surface area contributed by atoms with Gasteiger partial charge in [0.15, 0.2) is 0 Å². The van der Waals surface area contributed by atoms with Gasteiger partial charge in [-0.2, -0.15) is 0 Å². The Morgan fingerprint density at radius 1 is 1.33 bits per heavy atom. The number of thiophene rings is 1. The monoisotopic (exact) mass is 387 g/mol. The summed E-state index contributed by atoms with van der Waals surface area (Å²) in [7, 11) is 4.30. The number of hydrogen-bond donors (Lipinski definition) is 2. The van der Waals surface area contributed by atoms with Crippen LogP contribution in [0.25, 0.3) is 21.0 Å². The lowest BCUT2D eigenvalue weighted by atomic mass is 10.00. The van der Waals surface area contributed by atoms with Crippen LogP contribution in [0.1, 0.15) is 25.8 Å². The van der Waals surface area contributed by atoms with Crippen LogP contribution in [-0.2, 0) is 6.42 Å². The van der Waals surface area contributed by atoms with E-state index in [4.69, 9.17) is 0 Å². The van der Waals surface area contributed by atoms with Gasteiger partial charge in [0.2, 0.25) is 0 Å². The third-order valence-electron chi connectivity index (χ3n) is 5.56. The minimum absolute atomic E-state index is 0. The summed E-state index contributed by atoms with van der Waals surface area (Å²) in [5.74, 6) is 0.324. The van der Waals surface area contributed by atoms with Crippen molar-refractivity contribution in [2.24, 2.45) is 0 Å². The number of aromatic hydroxyl groups is 1. The minimum Gasteiger partial charge on any atom is -0.508 e. The summed E-state index contributed by atoms with van der Waals surface area (Å²) in [5, 5.41) is 14.4. The molecular weight excluding hydrogens is 358 g/mol. The molecule has 2 N–H and O–H groups in total. The molecule has 0 aliphatic carbocycles. The van der Waals surface area contributed by atoms with Crippen molar-refractivity contribution in [3.05, 3.63) is 39.5 Å². The first-order valence-corrected chi connectivity index (χ1v) is 10.1. The summed E-state index contributed by atoms with van der Waals surface area (Å²) in [6.45, 7) is 3.30. The molecule has 1 aliphatic heterocycles. The molecule has 27 heavy (non-hydrogen) atoms. The predicted octanol–water partition coefficient (Wildman–Crippen LogP) is 3.65. The summed E-state index contributed by atoms with van der Waals surface area (Å²) in [6, 6.07) is 6.14. The normalized spacial score (nSPS) is 17.8. The summed E-state index contributed by atoms with van der Waals surface area (Å²) in [6.07, 6.45) is 3.03. The number of fused-ring (bicyclic) bond motifs is 3. The summed E-state index contributed by atoms with van der Waals surface area (Å²) in [5.41, 5.74) is 1.71. The van der Waals surface area contributed by atoms with E-state index in [2.05, 4.69) is 28.9 Å². The molecule has 3 aromatic rings. The van der Waals surface area contributed by atoms with Crippen LogP contribution in [0, 0.1) is 0 Å². The van der Waals surface area contributed by atoms with E-state index in [1.165, 1.54) is 17.8 Å². The number of benzene rings is 1. The number of likely N-dealkylation sites (tertiary alicyclic amines) is 1. The minimum atomic E-state index is -0.0501. The van der Waals surface area contributed by atoms with Gasteiger partial charge in [-0.15, -0.1) is 11.3 Å². The van der Waals surface area contributed by atoms with Gasteiger partial charge in [-0.3, -0.25) is 4.79 Å². The van der Waals surface area contributed by atoms with Crippen LogP contribution in [0.4, 0.5) is 0 Å². The molecule has 0 bridgehead atoms. The van der Waals surface area contributed by atoms with Gasteiger partial charge >= 0.3 is 0 Å². The molecule has 1 aliphatic rings. The van der Waals surface area contributed by atoms with Gasteiger partial charge in [0.05, 0.1) is 0 Å². The Morgan fingerprint density at radius 2 is 2.15 bits per heavy atom. The van der Waals surface area contributed by atoms with E-state index in [0.717, 1.165) is 59.0 Å². The molecule has 0 amide bonds. The SMILES string of the molecule is C.CN(C)C1CCN(CCCc2c(O)ccc3[nH]c(=O)c4sccc4c23)C1. The van der Waals surface area contributed by atoms with Crippen molar-refractivity contribution in [1.82, 2.24) is 14.8 Å². The molecule has 5 nitrogen and oxygen atoms in total. The second-order valence-electron chi connectivity index (χ2n) is 7.41. The van der Waals surface area contributed by atoms with Crippen LogP contribution in [0.15, 0.2) is 28.4 Å². The van der Waals surface area contributed by atoms with E-state index in [1.54, 1.807) is 12.1 Å². The Bertz CT molecular complexity index is 992. The smallest absolute Gasteiger partial charge is 0.266 e. The first-order chi connectivity index (χ1) is 12.5. The number of hydrogen-bond acceptors (Lipinski definition) is 5. The van der Waals surface area contributed by atoms with Crippen LogP contribution in [0.3, 0.4) is 0 Å². The lowest BCUT2D eigenvalue weighted by Gasteiger charge is -2.20. The summed E-state index contributed by atoms with van der Waals surface area (Å²) >= 11 is 1.45. The Labute approximate surface area is 164 Å². The molecule has 1 saturated heterocycles. The van der Waals surface area contributed by atoms with Crippen molar-refractivity contribution in [2.45, 2.75) is 32.7 Å². The molecule has 4 rings (SSSR count). The van der Waals surface area contributed by atoms with E-state index in [1.807, 2.05) is 11.4 Å². The summed E-state index contributed by atoms with van der Waals surface area (Å²) < 4.78 is 0.734. The van der Waals surface area contributed by atoms with Crippen molar-refractivity contribution >= 4 is 32.3 Å². The Kier molecular flexibility index (Phi) is 5.89. The Morgan fingerprint density at radius 3 is 2.89 bits per heavy atom. The maximum absolute atomic E-state index is 12.2. The number of rotatable bonds is 5. The highest BCUT2D eigenvalue weighted by atomic mass is 32.1. The highest BCUT2D eigenvalue weighted by molar-refractivity contribution is 7.17. The summed E-state index contributed by atoms with van der Waals surface area (Å²) in [4.78, 5) is 20.0. The number of phenolic OH excluding ortho intramolecular Hbond substituents is 1. The molecule has 0 spiro atoms. The largest absolute Gasteiger partial charge is 0.508 e. The Hall–Kier alpha value is -1.89. The zero-order valence-corrected chi connectivity index (χ0v) is 16.1. The van der Waals surface area contributed by atoms with E-state index in [0.29, 0.717) is 11.8 Å². The lowest BCUT2D eigenvalue weighted by Crippen LogP contribution is -2.31. The van der Waals surface area contributed by atoms with Crippen molar-refractivity contribution in [2.75, 3.05) is 33.7 Å². The molecule has 1 atom stereocenters. The number of aryl methyl sites for hydroxylation is 1. The lowest BCUT2D eigenvalue weighted by molar-refractivity contribution is 0.267. The van der Waals surface area contributed by atoms with Crippen molar-refractivity contribution in [3.8, 4) is 5.75 Å². The predicted molar refractivity (Wildman–Crippen MR) is 115 cm³/mol. The molecule has 0 saturated carbocycles. The van der Waals surface area contributed by atoms with E-state index in [-0.39, 0.29) is 13.0 Å². The van der Waals surface area contributed by atoms with Gasteiger partial charge in [-0.1, -0.05) is 7.43 Å². The van der Waals surface area contributed by atoms with Gasteiger partial charge in [-0.25, -0.2) is 0 Å². The number of likely N-dealkylation sites (N-methyl/N-ethyl adjacent to an activating group) is 1. The van der Waals surface area contributed by atoms with Crippen LogP contribution in [-0.4, -0.2) is 59.7 Å². The van der Waals surface area contributed by atoms with Crippen LogP contribution >= 0.6 is 11.3 Å². The number of pyridine rings is 1. The standard InChI is InChI=1S/C20H25N3O2S.CH4/c1-22(2)13-7-10-23(12-13)9-3-4-14-17(24)6-5-16-18(14)15-8-11-26-19(15)20(25)21-16;/h5-6,8,11,13,24H,3-4,7,9-10,12H2,1-2H3,(H,21,25);1H4. The zero-order chi connectivity index (χ0) is 18.3. The fraction of sp³-hybridized carbons (Fsp3) is 0.476. The van der Waals surface area contributed by atoms with E-state index in [9.17, 15) is 9.90 Å². The fourth-order valence-corrected chi connectivity index (χ4v) is 4.87. The average molecular weight is 388 g/mol. The van der Waals surface area contributed by atoms with Crippen molar-refractivity contribution < 1.29 is 5.11 Å². The van der Waals surface area contributed by atoms with Crippen molar-refractivity contribution in [3.63, 3.8) is 0 Å². The highest BCUT2D eigenvalue weighted by Crippen LogP contribution is 2.33. The third kappa shape index (κ3) is 3.74. The molecule has 1 fully saturated rings. The van der Waals surface area contributed by atoms with E-state index >= 15 is 0 Å². The number of aromatic nitrogens is 1. The highest BCUT2D eigenvalue weighted by Gasteiger charge is 2.23. The van der Waals surface area contributed by atoms with Gasteiger partial charge in [-0.05, 0) is 70.0 Å². The molecule has 0 radical (unpaired) electrons. The first-order valence-electron chi connectivity index (χ1n) is 9.17. The van der Waals surface area contributed by atoms with Gasteiger partial charge < -0.3 is 19.9 Å². The van der Waals surface area contributed by atoms with Crippen LogP contribution < -0.4 is 5.56 Å². The third-order valence-corrected chi connectivity index (χ3v) is 6.47. The zero-order valence-electron chi connectivity index (χ0n) is 15.3. The average Bonchev–Trinajstić information content (AvgIpc) is 3.27. The number of nitrogens with zero attached hydrogens (tertiary/aromatic N) is 2. The van der Waals surface area contributed by atoms with Gasteiger partial charge in [0.1, 0.15) is 10.4 Å². The van der Waals surface area contributed by atoms with Crippen LogP contribution in [0.2, 0.25) is 0 Å². The molecule has 1 aromatic carbocycles. The number of nitrogens with one attached hydrogen (secondary N) is 1. The van der Waals surface area contributed by atoms with E-state index < -0.39 is 0 Å². The molecule has 3 heterocycles. The fourth-order valence-electron chi connectivity index (χ4n) is 4.08. The van der Waals surface area contributed by atoms with Crippen molar-refractivity contribution in [1.29, 1.82) is 0 Å². The second kappa shape index (κ2) is 8.00. The molecule has 6 heteroatoms. The topological polar surface area (TPSA) is 59.6 Å². The molecular formula is C21H29N3O2S. The Balaban J connectivity index is 0.00000210. The first kappa shape index (κ1) is 19.9. The quantitative estimate of drug-likeness (QED) is 0.702. The number of phenols is 1. The molecule has 146 valence electrons.